The van der Waals surface area contributed by atoms with E-state index in [1.54, 1.807) is 19.1 Å². The van der Waals surface area contributed by atoms with Gasteiger partial charge in [-0.05, 0) is 63.1 Å². The molecule has 226 valence electrons. The molecule has 0 bridgehead atoms. The number of rotatable bonds is 10. The molecule has 0 radical (unpaired) electrons. The first kappa shape index (κ1) is 31.3. The summed E-state index contributed by atoms with van der Waals surface area (Å²) in [5.74, 6) is 1.29. The number of hydrogen-bond donors (Lipinski definition) is 0. The fourth-order valence-corrected chi connectivity index (χ4v) is 5.63. The molecule has 0 unspecified atom stereocenters. The van der Waals surface area contributed by atoms with Crippen molar-refractivity contribution in [2.45, 2.75) is 65.2 Å². The Kier molecular flexibility index (Phi) is 9.47. The highest BCUT2D eigenvalue weighted by atomic mass is 28.3. The van der Waals surface area contributed by atoms with Gasteiger partial charge in [-0.1, -0.05) is 38.4 Å². The Bertz CT molecular complexity index is 1480. The van der Waals surface area contributed by atoms with E-state index >= 15 is 0 Å². The van der Waals surface area contributed by atoms with Gasteiger partial charge in [0.15, 0.2) is 17.1 Å². The lowest BCUT2D eigenvalue weighted by Gasteiger charge is -2.29. The summed E-state index contributed by atoms with van der Waals surface area (Å²) in [5.41, 5.74) is 4.81. The van der Waals surface area contributed by atoms with Crippen molar-refractivity contribution in [1.82, 2.24) is 19.7 Å². The van der Waals surface area contributed by atoms with Crippen molar-refractivity contribution in [3.05, 3.63) is 48.2 Å². The molecule has 0 spiro atoms. The van der Waals surface area contributed by atoms with Gasteiger partial charge in [0, 0.05) is 44.3 Å². The molecule has 3 aromatic rings. The first-order chi connectivity index (χ1) is 19.8. The SMILES string of the molecule is C=Cc1c(-c2ccc(OC)c(OC)c2)n(COCC[Si](C)(C)C)c2nnc(C3=CCN(C(=O)OC(C)(C)C)CC3)cc12. The Labute approximate surface area is 250 Å². The highest BCUT2D eigenvalue weighted by Gasteiger charge is 2.26. The molecular formula is C32H44N4O5Si. The molecule has 3 heterocycles. The summed E-state index contributed by atoms with van der Waals surface area (Å²) in [5, 5.41) is 10.3. The van der Waals surface area contributed by atoms with E-state index < -0.39 is 13.7 Å². The van der Waals surface area contributed by atoms with Crippen LogP contribution in [-0.4, -0.2) is 73.3 Å². The fourth-order valence-electron chi connectivity index (χ4n) is 4.87. The van der Waals surface area contributed by atoms with Crippen LogP contribution in [0.3, 0.4) is 0 Å². The predicted octanol–water partition coefficient (Wildman–Crippen LogP) is 7.10. The van der Waals surface area contributed by atoms with E-state index in [0.29, 0.717) is 44.3 Å². The van der Waals surface area contributed by atoms with Crippen LogP contribution in [-0.2, 0) is 16.2 Å². The van der Waals surface area contributed by atoms with Gasteiger partial charge in [0.05, 0.1) is 25.6 Å². The maximum absolute atomic E-state index is 12.5. The van der Waals surface area contributed by atoms with Crippen LogP contribution in [0.5, 0.6) is 11.5 Å². The third-order valence-corrected chi connectivity index (χ3v) is 8.82. The molecule has 10 heteroatoms. The van der Waals surface area contributed by atoms with Crippen LogP contribution in [0.25, 0.3) is 33.9 Å². The molecule has 0 N–H and O–H groups in total. The number of methoxy groups -OCH3 is 2. The van der Waals surface area contributed by atoms with Gasteiger partial charge in [0.25, 0.3) is 0 Å². The molecule has 0 fully saturated rings. The average Bonchev–Trinajstić information content (AvgIpc) is 3.26. The summed E-state index contributed by atoms with van der Waals surface area (Å²) in [6.45, 7) is 18.8. The molecule has 1 aliphatic heterocycles. The van der Waals surface area contributed by atoms with E-state index in [1.807, 2.05) is 51.1 Å². The summed E-state index contributed by atoms with van der Waals surface area (Å²) in [6, 6.07) is 9.00. The normalized spacial score (nSPS) is 14.1. The minimum absolute atomic E-state index is 0.306. The lowest BCUT2D eigenvalue weighted by molar-refractivity contribution is 0.0270. The van der Waals surface area contributed by atoms with Gasteiger partial charge in [-0.15, -0.1) is 10.2 Å². The minimum atomic E-state index is -1.25. The summed E-state index contributed by atoms with van der Waals surface area (Å²) < 4.78 is 24.9. The number of fused-ring (bicyclic) bond motifs is 1. The zero-order valence-electron chi connectivity index (χ0n) is 26.2. The molecule has 1 aliphatic rings. The quantitative estimate of drug-likeness (QED) is 0.183. The van der Waals surface area contributed by atoms with Crippen LogP contribution in [0.1, 0.15) is 38.4 Å². The predicted molar refractivity (Wildman–Crippen MR) is 171 cm³/mol. The van der Waals surface area contributed by atoms with Gasteiger partial charge < -0.3 is 23.8 Å². The van der Waals surface area contributed by atoms with Gasteiger partial charge in [-0.25, -0.2) is 4.79 Å². The van der Waals surface area contributed by atoms with Crippen molar-refractivity contribution in [1.29, 1.82) is 0 Å². The van der Waals surface area contributed by atoms with E-state index in [2.05, 4.69) is 42.0 Å². The van der Waals surface area contributed by atoms with Crippen molar-refractivity contribution in [3.63, 3.8) is 0 Å². The lowest BCUT2D eigenvalue weighted by atomic mass is 10.0. The highest BCUT2D eigenvalue weighted by Crippen LogP contribution is 2.39. The number of hydrogen-bond acceptors (Lipinski definition) is 7. The van der Waals surface area contributed by atoms with Crippen LogP contribution >= 0.6 is 0 Å². The second kappa shape index (κ2) is 12.7. The van der Waals surface area contributed by atoms with E-state index in [-0.39, 0.29) is 6.09 Å². The number of amides is 1. The van der Waals surface area contributed by atoms with Crippen LogP contribution in [0.4, 0.5) is 4.79 Å². The van der Waals surface area contributed by atoms with Crippen LogP contribution in [0.2, 0.25) is 25.7 Å². The van der Waals surface area contributed by atoms with Gasteiger partial charge in [-0.3, -0.25) is 4.57 Å². The summed E-state index contributed by atoms with van der Waals surface area (Å²) in [7, 11) is 2.00. The van der Waals surface area contributed by atoms with Gasteiger partial charge in [0.2, 0.25) is 0 Å². The third kappa shape index (κ3) is 7.22. The average molecular weight is 593 g/mol. The first-order valence-corrected chi connectivity index (χ1v) is 18.1. The monoisotopic (exact) mass is 592 g/mol. The Morgan fingerprint density at radius 2 is 1.83 bits per heavy atom. The lowest BCUT2D eigenvalue weighted by Crippen LogP contribution is -2.39. The second-order valence-corrected chi connectivity index (χ2v) is 18.3. The molecule has 1 amide bonds. The number of benzene rings is 1. The maximum Gasteiger partial charge on any atom is 0.410 e. The van der Waals surface area contributed by atoms with E-state index in [0.717, 1.165) is 45.2 Å². The molecule has 1 aromatic carbocycles. The number of aromatic nitrogens is 3. The standard InChI is InChI=1S/C32H44N4O5Si/c1-10-24-25-20-26(22-13-15-35(16-14-22)31(37)41-32(2,3)4)33-34-30(25)36(21-40-17-18-42(7,8)9)29(24)23-11-12-27(38-5)28(19-23)39-6/h10-13,19-20H,1,14-18,21H2,2-9H3. The first-order valence-electron chi connectivity index (χ1n) is 14.3. The summed E-state index contributed by atoms with van der Waals surface area (Å²) >= 11 is 0. The Hall–Kier alpha value is -3.63. The second-order valence-electron chi connectivity index (χ2n) is 12.7. The van der Waals surface area contributed by atoms with Crippen molar-refractivity contribution in [2.75, 3.05) is 33.9 Å². The molecule has 4 rings (SSSR count). The molecule has 42 heavy (non-hydrogen) atoms. The topological polar surface area (TPSA) is 87.9 Å². The van der Waals surface area contributed by atoms with Gasteiger partial charge in [0.1, 0.15) is 12.3 Å². The summed E-state index contributed by atoms with van der Waals surface area (Å²) in [4.78, 5) is 14.3. The van der Waals surface area contributed by atoms with Crippen LogP contribution in [0, 0.1) is 0 Å². The number of nitrogens with zero attached hydrogens (tertiary/aromatic N) is 4. The Morgan fingerprint density at radius 1 is 1.10 bits per heavy atom. The van der Waals surface area contributed by atoms with Crippen LogP contribution in [0.15, 0.2) is 36.9 Å². The van der Waals surface area contributed by atoms with Crippen molar-refractivity contribution < 1.29 is 23.7 Å². The van der Waals surface area contributed by atoms with E-state index in [9.17, 15) is 4.79 Å². The molecule has 0 saturated heterocycles. The number of carbonyl (C=O) groups is 1. The van der Waals surface area contributed by atoms with Gasteiger partial charge in [-0.2, -0.15) is 0 Å². The fraction of sp³-hybridized carbons (Fsp3) is 0.469. The number of carbonyl (C=O) groups excluding carboxylic acids is 1. The molecular weight excluding hydrogens is 548 g/mol. The molecule has 0 saturated carbocycles. The van der Waals surface area contributed by atoms with Gasteiger partial charge >= 0.3 is 6.09 Å². The molecule has 0 aliphatic carbocycles. The third-order valence-electron chi connectivity index (χ3n) is 7.11. The smallest absolute Gasteiger partial charge is 0.410 e. The van der Waals surface area contributed by atoms with Crippen molar-refractivity contribution in [3.8, 4) is 22.8 Å². The molecule has 2 aromatic heterocycles. The zero-order chi connectivity index (χ0) is 30.7. The summed E-state index contributed by atoms with van der Waals surface area (Å²) in [6.07, 6.45) is 4.24. The maximum atomic E-state index is 12.5. The van der Waals surface area contributed by atoms with Crippen molar-refractivity contribution in [2.24, 2.45) is 0 Å². The van der Waals surface area contributed by atoms with E-state index in [4.69, 9.17) is 24.0 Å². The van der Waals surface area contributed by atoms with Crippen molar-refractivity contribution >= 4 is 36.8 Å². The molecule has 9 nitrogen and oxygen atoms in total. The molecule has 0 atom stereocenters. The highest BCUT2D eigenvalue weighted by molar-refractivity contribution is 6.76. The Morgan fingerprint density at radius 3 is 2.43 bits per heavy atom. The largest absolute Gasteiger partial charge is 0.493 e. The van der Waals surface area contributed by atoms with E-state index in [1.165, 1.54) is 0 Å². The van der Waals surface area contributed by atoms with Crippen LogP contribution < -0.4 is 9.47 Å². The zero-order valence-corrected chi connectivity index (χ0v) is 27.2. The number of ether oxygens (including phenoxy) is 4. The minimum Gasteiger partial charge on any atom is -0.493 e. The Balaban J connectivity index is 1.74.